The molecule has 5 nitrogen and oxygen atoms in total. The van der Waals surface area contributed by atoms with Crippen molar-refractivity contribution in [3.8, 4) is 0 Å². The third-order valence-corrected chi connectivity index (χ3v) is 9.20. The molecule has 0 radical (unpaired) electrons. The molecule has 1 atom stereocenters. The Hall–Kier alpha value is -2.35. The summed E-state index contributed by atoms with van der Waals surface area (Å²) in [5.74, 6) is -3.11. The Morgan fingerprint density at radius 3 is 2.52 bits per heavy atom. The number of aromatic nitrogens is 2. The molecule has 0 spiro atoms. The molecule has 0 bridgehead atoms. The van der Waals surface area contributed by atoms with E-state index in [2.05, 4.69) is 5.10 Å². The van der Waals surface area contributed by atoms with Crippen molar-refractivity contribution in [2.45, 2.75) is 73.4 Å². The Balaban J connectivity index is 1.53. The summed E-state index contributed by atoms with van der Waals surface area (Å²) in [4.78, 5) is 13.7. The Bertz CT molecular complexity index is 1220. The molecule has 0 saturated heterocycles. The van der Waals surface area contributed by atoms with Crippen molar-refractivity contribution in [3.63, 3.8) is 0 Å². The van der Waals surface area contributed by atoms with Gasteiger partial charge in [-0.1, -0.05) is 12.1 Å². The summed E-state index contributed by atoms with van der Waals surface area (Å²) in [6.45, 7) is 0. The van der Waals surface area contributed by atoms with Gasteiger partial charge in [-0.2, -0.15) is 5.10 Å². The van der Waals surface area contributed by atoms with Crippen molar-refractivity contribution >= 4 is 21.2 Å². The van der Waals surface area contributed by atoms with Crippen LogP contribution in [-0.4, -0.2) is 35.2 Å². The van der Waals surface area contributed by atoms with Gasteiger partial charge in [0, 0.05) is 31.7 Å². The SMILES string of the molecule is Cn1ccc(CC(=O)/C(=C/[C@H]2CCC(F)(F)C2)c2ccc(S(=O)(=O)C3CC3)c(C3CC3)c2)n1. The van der Waals surface area contributed by atoms with Gasteiger partial charge in [0.25, 0.3) is 0 Å². The number of hydrogen-bond donors (Lipinski definition) is 0. The van der Waals surface area contributed by atoms with Gasteiger partial charge in [0.05, 0.1) is 22.3 Å². The number of allylic oxidation sites excluding steroid dienone is 2. The number of benzene rings is 1. The van der Waals surface area contributed by atoms with Crippen LogP contribution in [0, 0.1) is 5.92 Å². The average molecular weight is 475 g/mol. The van der Waals surface area contributed by atoms with Crippen molar-refractivity contribution in [3.05, 3.63) is 53.4 Å². The normalized spacial score (nSPS) is 23.1. The number of Topliss-reactive ketones (excluding diaryl/α,β-unsaturated/α-hetero) is 1. The zero-order valence-corrected chi connectivity index (χ0v) is 19.5. The van der Waals surface area contributed by atoms with Crippen LogP contribution >= 0.6 is 0 Å². The number of halogens is 2. The van der Waals surface area contributed by atoms with E-state index in [4.69, 9.17) is 0 Å². The highest BCUT2D eigenvalue weighted by Crippen LogP contribution is 2.47. The zero-order chi connectivity index (χ0) is 23.4. The number of carbonyl (C=O) groups excluding carboxylic acids is 1. The van der Waals surface area contributed by atoms with E-state index < -0.39 is 15.8 Å². The van der Waals surface area contributed by atoms with Gasteiger partial charge in [-0.15, -0.1) is 0 Å². The number of sulfone groups is 1. The molecule has 3 saturated carbocycles. The molecule has 0 aliphatic heterocycles. The third kappa shape index (κ3) is 4.81. The number of rotatable bonds is 8. The minimum Gasteiger partial charge on any atom is -0.294 e. The fraction of sp³-hybridized carbons (Fsp3) is 0.520. The van der Waals surface area contributed by atoms with Gasteiger partial charge in [0.1, 0.15) is 0 Å². The molecule has 1 aromatic heterocycles. The lowest BCUT2D eigenvalue weighted by Gasteiger charge is -2.15. The molecule has 5 rings (SSSR count). The lowest BCUT2D eigenvalue weighted by Crippen LogP contribution is -2.13. The van der Waals surface area contributed by atoms with E-state index in [1.54, 1.807) is 42.2 Å². The van der Waals surface area contributed by atoms with E-state index in [1.807, 2.05) is 6.07 Å². The van der Waals surface area contributed by atoms with E-state index in [0.717, 1.165) is 18.4 Å². The first-order chi connectivity index (χ1) is 15.6. The first-order valence-electron chi connectivity index (χ1n) is 11.6. The maximum Gasteiger partial charge on any atom is 0.248 e. The van der Waals surface area contributed by atoms with Crippen LogP contribution in [0.2, 0.25) is 0 Å². The number of hydrogen-bond acceptors (Lipinski definition) is 4. The van der Waals surface area contributed by atoms with E-state index in [9.17, 15) is 22.0 Å². The van der Waals surface area contributed by atoms with Gasteiger partial charge in [-0.3, -0.25) is 9.48 Å². The number of carbonyl (C=O) groups is 1. The van der Waals surface area contributed by atoms with E-state index in [-0.39, 0.29) is 42.1 Å². The molecule has 0 N–H and O–H groups in total. The first-order valence-corrected chi connectivity index (χ1v) is 13.2. The molecule has 2 aromatic rings. The van der Waals surface area contributed by atoms with Crippen molar-refractivity contribution in [2.24, 2.45) is 13.0 Å². The molecule has 0 unspecified atom stereocenters. The molecular weight excluding hydrogens is 446 g/mol. The fourth-order valence-corrected chi connectivity index (χ4v) is 6.70. The van der Waals surface area contributed by atoms with Gasteiger partial charge in [0.2, 0.25) is 5.92 Å². The van der Waals surface area contributed by atoms with Crippen LogP contribution in [0.3, 0.4) is 0 Å². The maximum absolute atomic E-state index is 13.8. The van der Waals surface area contributed by atoms with Crippen molar-refractivity contribution in [2.75, 3.05) is 0 Å². The number of alkyl halides is 2. The van der Waals surface area contributed by atoms with Crippen LogP contribution in [-0.2, 0) is 28.1 Å². The lowest BCUT2D eigenvalue weighted by molar-refractivity contribution is -0.113. The van der Waals surface area contributed by atoms with Crippen LogP contribution in [0.5, 0.6) is 0 Å². The average Bonchev–Trinajstić information content (AvgIpc) is 3.67. The number of aryl methyl sites for hydroxylation is 1. The summed E-state index contributed by atoms with van der Waals surface area (Å²) in [5, 5.41) is 3.98. The molecule has 3 aliphatic rings. The topological polar surface area (TPSA) is 69.0 Å². The van der Waals surface area contributed by atoms with Gasteiger partial charge < -0.3 is 0 Å². The van der Waals surface area contributed by atoms with Gasteiger partial charge in [-0.05, 0) is 73.3 Å². The summed E-state index contributed by atoms with van der Waals surface area (Å²) in [6, 6.07) is 6.89. The summed E-state index contributed by atoms with van der Waals surface area (Å²) < 4.78 is 55.3. The molecule has 8 heteroatoms. The highest BCUT2D eigenvalue weighted by Gasteiger charge is 2.41. The molecule has 176 valence electrons. The lowest BCUT2D eigenvalue weighted by atomic mass is 9.92. The second-order valence-electron chi connectivity index (χ2n) is 9.79. The predicted molar refractivity (Wildman–Crippen MR) is 121 cm³/mol. The predicted octanol–water partition coefficient (Wildman–Crippen LogP) is 4.86. The Morgan fingerprint density at radius 2 is 1.94 bits per heavy atom. The Labute approximate surface area is 192 Å². The molecule has 3 fully saturated rings. The number of ketones is 1. The number of nitrogens with zero attached hydrogens (tertiary/aromatic N) is 2. The fourth-order valence-electron chi connectivity index (χ4n) is 4.78. The summed E-state index contributed by atoms with van der Waals surface area (Å²) in [7, 11) is -1.59. The van der Waals surface area contributed by atoms with E-state index in [1.165, 1.54) is 0 Å². The molecule has 1 heterocycles. The standard InChI is InChI=1S/C25H28F2N2O3S/c1-29-11-9-19(28-29)14-23(30)21(12-16-8-10-25(26,27)15-16)18-4-7-24(22(13-18)17-2-3-17)33(31,32)20-5-6-20/h4,7,9,11-13,16-17,20H,2-3,5-6,8,10,14-15H2,1H3/b21-12+/t16-/m1/s1. The summed E-state index contributed by atoms with van der Waals surface area (Å²) in [5.41, 5.74) is 2.39. The highest BCUT2D eigenvalue weighted by molar-refractivity contribution is 7.92. The molecular formula is C25H28F2N2O3S. The van der Waals surface area contributed by atoms with E-state index >= 15 is 0 Å². The van der Waals surface area contributed by atoms with Crippen LogP contribution in [0.1, 0.15) is 67.7 Å². The second-order valence-corrected chi connectivity index (χ2v) is 12.0. The first kappa shape index (κ1) is 22.4. The highest BCUT2D eigenvalue weighted by atomic mass is 32.2. The van der Waals surface area contributed by atoms with Crippen molar-refractivity contribution in [1.29, 1.82) is 0 Å². The largest absolute Gasteiger partial charge is 0.294 e. The second kappa shape index (κ2) is 8.15. The third-order valence-electron chi connectivity index (χ3n) is 6.86. The minimum absolute atomic E-state index is 0.0661. The quantitative estimate of drug-likeness (QED) is 0.512. The molecule has 0 amide bonds. The van der Waals surface area contributed by atoms with Crippen LogP contribution < -0.4 is 0 Å². The Kier molecular flexibility index (Phi) is 5.54. The molecule has 1 aromatic carbocycles. The summed E-state index contributed by atoms with van der Waals surface area (Å²) >= 11 is 0. The van der Waals surface area contributed by atoms with Crippen LogP contribution in [0.25, 0.3) is 5.57 Å². The van der Waals surface area contributed by atoms with Crippen molar-refractivity contribution in [1.82, 2.24) is 9.78 Å². The van der Waals surface area contributed by atoms with Gasteiger partial charge in [0.15, 0.2) is 15.6 Å². The van der Waals surface area contributed by atoms with Gasteiger partial charge in [-0.25, -0.2) is 17.2 Å². The van der Waals surface area contributed by atoms with Crippen LogP contribution in [0.15, 0.2) is 41.4 Å². The van der Waals surface area contributed by atoms with Crippen molar-refractivity contribution < 1.29 is 22.0 Å². The van der Waals surface area contributed by atoms with E-state index in [0.29, 0.717) is 41.0 Å². The van der Waals surface area contributed by atoms with Crippen LogP contribution in [0.4, 0.5) is 8.78 Å². The molecule has 33 heavy (non-hydrogen) atoms. The summed E-state index contributed by atoms with van der Waals surface area (Å²) in [6.07, 6.45) is 6.63. The minimum atomic E-state index is -3.36. The maximum atomic E-state index is 13.8. The molecule has 3 aliphatic carbocycles. The smallest absolute Gasteiger partial charge is 0.248 e. The van der Waals surface area contributed by atoms with Gasteiger partial charge >= 0.3 is 0 Å². The monoisotopic (exact) mass is 474 g/mol. The zero-order valence-electron chi connectivity index (χ0n) is 18.6. The Morgan fingerprint density at radius 1 is 1.18 bits per heavy atom.